The number of benzene rings is 1. The molecule has 7 nitrogen and oxygen atoms in total. The number of morpholine rings is 1. The molecule has 0 aliphatic carbocycles. The third-order valence-corrected chi connectivity index (χ3v) is 6.74. The summed E-state index contributed by atoms with van der Waals surface area (Å²) in [5, 5.41) is 22.1. The Morgan fingerprint density at radius 2 is 2.03 bits per heavy atom. The van der Waals surface area contributed by atoms with E-state index in [1.165, 1.54) is 12.1 Å². The maximum Gasteiger partial charge on any atom is 0.303 e. The molecule has 180 valence electrons. The van der Waals surface area contributed by atoms with Gasteiger partial charge in [0.1, 0.15) is 11.4 Å². The number of nitrogens with one attached hydrogen (secondary N) is 1. The van der Waals surface area contributed by atoms with Crippen molar-refractivity contribution < 1.29 is 23.0 Å². The van der Waals surface area contributed by atoms with Crippen molar-refractivity contribution in [3.63, 3.8) is 0 Å². The molecule has 34 heavy (non-hydrogen) atoms. The summed E-state index contributed by atoms with van der Waals surface area (Å²) in [7, 11) is 0. The van der Waals surface area contributed by atoms with Crippen molar-refractivity contribution in [3.05, 3.63) is 53.1 Å². The lowest BCUT2D eigenvalue weighted by atomic mass is 9.91. The van der Waals surface area contributed by atoms with E-state index in [2.05, 4.69) is 25.4 Å². The van der Waals surface area contributed by atoms with Gasteiger partial charge in [-0.3, -0.25) is 4.98 Å². The fourth-order valence-electron chi connectivity index (χ4n) is 4.42. The Kier molecular flexibility index (Phi) is 5.21. The van der Waals surface area contributed by atoms with Crippen LogP contribution in [-0.2, 0) is 10.7 Å². The number of halogens is 3. The summed E-state index contributed by atoms with van der Waals surface area (Å²) in [5.41, 5.74) is -1.03. The SMILES string of the molecule is Cc1nnc(N[C@H](C)c2cccc(C(F)(F)C(C)(C)O)c2F)c2cc(N3CC4OCC43)cnc12. The van der Waals surface area contributed by atoms with E-state index in [1.807, 2.05) is 6.07 Å². The van der Waals surface area contributed by atoms with Crippen molar-refractivity contribution >= 4 is 22.4 Å². The number of aliphatic hydroxyl groups is 1. The molecule has 3 aromatic rings. The zero-order chi connectivity index (χ0) is 24.4. The van der Waals surface area contributed by atoms with Gasteiger partial charge in [-0.25, -0.2) is 4.39 Å². The fraction of sp³-hybridized carbons (Fsp3) is 0.458. The van der Waals surface area contributed by atoms with Gasteiger partial charge in [-0.1, -0.05) is 12.1 Å². The molecule has 2 aliphatic rings. The normalized spacial score (nSPS) is 21.0. The number of hydrogen-bond acceptors (Lipinski definition) is 7. The van der Waals surface area contributed by atoms with Gasteiger partial charge in [0.15, 0.2) is 5.82 Å². The highest BCUT2D eigenvalue weighted by atomic mass is 19.3. The van der Waals surface area contributed by atoms with Crippen LogP contribution in [0.4, 0.5) is 24.7 Å². The standard InChI is InChI=1S/C24H26F3N5O2/c1-12(15-6-5-7-17(20(15)25)24(26,27)23(3,4)33)29-22-16-8-14(32-10-19-18(32)11-34-19)9-28-21(16)13(2)30-31-22/h5-9,12,18-19,33H,10-11H2,1-4H3,(H,29,31)/t12-,18?,19?/m1/s1. The molecule has 10 heteroatoms. The number of aryl methyl sites for hydroxylation is 1. The number of anilines is 2. The second kappa shape index (κ2) is 7.78. The number of hydrogen-bond donors (Lipinski definition) is 2. The zero-order valence-electron chi connectivity index (χ0n) is 19.3. The summed E-state index contributed by atoms with van der Waals surface area (Å²) in [4.78, 5) is 6.79. The number of nitrogens with zero attached hydrogens (tertiary/aromatic N) is 4. The van der Waals surface area contributed by atoms with Gasteiger partial charge in [0.2, 0.25) is 0 Å². The first kappa shape index (κ1) is 22.8. The number of alkyl halides is 2. The Hall–Kier alpha value is -2.98. The molecular formula is C24H26F3N5O2. The van der Waals surface area contributed by atoms with E-state index in [4.69, 9.17) is 4.74 Å². The van der Waals surface area contributed by atoms with Crippen LogP contribution in [0.15, 0.2) is 30.5 Å². The number of ether oxygens (including phenoxy) is 1. The third kappa shape index (κ3) is 3.47. The van der Waals surface area contributed by atoms with Gasteiger partial charge in [0.05, 0.1) is 53.5 Å². The molecule has 0 radical (unpaired) electrons. The minimum absolute atomic E-state index is 0.0262. The predicted octanol–water partition coefficient (Wildman–Crippen LogP) is 4.10. The van der Waals surface area contributed by atoms with Crippen LogP contribution < -0.4 is 10.2 Å². The molecule has 2 fully saturated rings. The smallest absolute Gasteiger partial charge is 0.303 e. The van der Waals surface area contributed by atoms with Gasteiger partial charge in [-0.15, -0.1) is 5.10 Å². The van der Waals surface area contributed by atoms with E-state index in [0.717, 1.165) is 32.1 Å². The molecule has 2 aliphatic heterocycles. The van der Waals surface area contributed by atoms with Gasteiger partial charge in [0.25, 0.3) is 0 Å². The second-order valence-electron chi connectivity index (χ2n) is 9.52. The van der Waals surface area contributed by atoms with Crippen LogP contribution in [0.3, 0.4) is 0 Å². The Morgan fingerprint density at radius 3 is 2.65 bits per heavy atom. The van der Waals surface area contributed by atoms with Crippen molar-refractivity contribution in [2.24, 2.45) is 0 Å². The van der Waals surface area contributed by atoms with Crippen LogP contribution in [0.25, 0.3) is 10.9 Å². The molecule has 3 atom stereocenters. The maximum absolute atomic E-state index is 15.2. The first-order valence-corrected chi connectivity index (χ1v) is 11.2. The third-order valence-electron chi connectivity index (χ3n) is 6.74. The predicted molar refractivity (Wildman–Crippen MR) is 122 cm³/mol. The Balaban J connectivity index is 1.49. The summed E-state index contributed by atoms with van der Waals surface area (Å²) in [5.74, 6) is -4.47. The monoisotopic (exact) mass is 473 g/mol. The van der Waals surface area contributed by atoms with E-state index >= 15 is 4.39 Å². The van der Waals surface area contributed by atoms with E-state index in [0.29, 0.717) is 35.1 Å². The molecule has 0 bridgehead atoms. The van der Waals surface area contributed by atoms with E-state index in [1.54, 1.807) is 20.0 Å². The topological polar surface area (TPSA) is 83.4 Å². The molecule has 5 rings (SSSR count). The Labute approximate surface area is 195 Å². The van der Waals surface area contributed by atoms with Gasteiger partial charge in [-0.05, 0) is 39.8 Å². The number of aromatic nitrogens is 3. The van der Waals surface area contributed by atoms with Crippen molar-refractivity contribution in [2.75, 3.05) is 23.4 Å². The molecule has 0 spiro atoms. The van der Waals surface area contributed by atoms with Gasteiger partial charge < -0.3 is 20.1 Å². The summed E-state index contributed by atoms with van der Waals surface area (Å²) >= 11 is 0. The Bertz CT molecular complexity index is 1260. The van der Waals surface area contributed by atoms with Crippen LogP contribution in [0.1, 0.15) is 43.6 Å². The summed E-state index contributed by atoms with van der Waals surface area (Å²) in [6, 6.07) is 5.37. The van der Waals surface area contributed by atoms with E-state index in [9.17, 15) is 13.9 Å². The van der Waals surface area contributed by atoms with Crippen molar-refractivity contribution in [2.45, 2.75) is 57.4 Å². The lowest BCUT2D eigenvalue weighted by Gasteiger charge is -2.55. The van der Waals surface area contributed by atoms with Gasteiger partial charge >= 0.3 is 5.92 Å². The molecular weight excluding hydrogens is 447 g/mol. The quantitative estimate of drug-likeness (QED) is 0.558. The summed E-state index contributed by atoms with van der Waals surface area (Å²) < 4.78 is 50.1. The van der Waals surface area contributed by atoms with E-state index in [-0.39, 0.29) is 11.7 Å². The zero-order valence-corrected chi connectivity index (χ0v) is 19.3. The highest BCUT2D eigenvalue weighted by Crippen LogP contribution is 2.42. The number of rotatable bonds is 6. The molecule has 2 unspecified atom stereocenters. The maximum atomic E-state index is 15.2. The largest absolute Gasteiger partial charge is 0.384 e. The first-order chi connectivity index (χ1) is 16.0. The molecule has 4 heterocycles. The highest BCUT2D eigenvalue weighted by molar-refractivity contribution is 5.92. The average molecular weight is 473 g/mol. The first-order valence-electron chi connectivity index (χ1n) is 11.2. The van der Waals surface area contributed by atoms with Crippen molar-refractivity contribution in [1.29, 1.82) is 0 Å². The number of pyridine rings is 1. The van der Waals surface area contributed by atoms with Crippen molar-refractivity contribution in [3.8, 4) is 0 Å². The molecule has 2 saturated heterocycles. The van der Waals surface area contributed by atoms with Crippen LogP contribution in [-0.4, -0.2) is 51.2 Å². The summed E-state index contributed by atoms with van der Waals surface area (Å²) in [6.07, 6.45) is 2.06. The molecule has 0 saturated carbocycles. The molecule has 2 aromatic heterocycles. The van der Waals surface area contributed by atoms with E-state index < -0.39 is 28.9 Å². The Morgan fingerprint density at radius 1 is 1.26 bits per heavy atom. The van der Waals surface area contributed by atoms with Crippen LogP contribution >= 0.6 is 0 Å². The lowest BCUT2D eigenvalue weighted by molar-refractivity contribution is -0.170. The second-order valence-corrected chi connectivity index (χ2v) is 9.52. The molecule has 0 amide bonds. The fourth-order valence-corrected chi connectivity index (χ4v) is 4.42. The van der Waals surface area contributed by atoms with Gasteiger partial charge in [0, 0.05) is 17.5 Å². The minimum Gasteiger partial charge on any atom is -0.384 e. The highest BCUT2D eigenvalue weighted by Gasteiger charge is 2.49. The van der Waals surface area contributed by atoms with Crippen molar-refractivity contribution in [1.82, 2.24) is 15.2 Å². The summed E-state index contributed by atoms with van der Waals surface area (Å²) in [6.45, 7) is 6.84. The van der Waals surface area contributed by atoms with Crippen LogP contribution in [0.2, 0.25) is 0 Å². The molecule has 1 aromatic carbocycles. The van der Waals surface area contributed by atoms with Crippen LogP contribution in [0.5, 0.6) is 0 Å². The number of fused-ring (bicyclic) bond motifs is 2. The van der Waals surface area contributed by atoms with Gasteiger partial charge in [-0.2, -0.15) is 13.9 Å². The molecule has 2 N–H and O–H groups in total. The average Bonchev–Trinajstić information content (AvgIpc) is 2.76. The minimum atomic E-state index is -3.78. The van der Waals surface area contributed by atoms with Crippen LogP contribution in [0, 0.1) is 12.7 Å². The lowest BCUT2D eigenvalue weighted by Crippen LogP contribution is -2.70.